The molecule has 30 heavy (non-hydrogen) atoms. The molecule has 0 aliphatic carbocycles. The summed E-state index contributed by atoms with van der Waals surface area (Å²) in [6, 6.07) is 6.49. The second kappa shape index (κ2) is 7.83. The largest absolute Gasteiger partial charge is 0.370 e. The minimum Gasteiger partial charge on any atom is -0.370 e. The monoisotopic (exact) mass is 413 g/mol. The maximum atomic E-state index is 13.7. The van der Waals surface area contributed by atoms with Crippen LogP contribution in [0.3, 0.4) is 0 Å². The third kappa shape index (κ3) is 3.71. The number of aromatic nitrogens is 2. The molecule has 2 saturated heterocycles. The van der Waals surface area contributed by atoms with E-state index in [1.807, 2.05) is 6.92 Å². The summed E-state index contributed by atoms with van der Waals surface area (Å²) in [5, 5.41) is 8.34. The van der Waals surface area contributed by atoms with Gasteiger partial charge in [0, 0.05) is 38.8 Å². The van der Waals surface area contributed by atoms with E-state index < -0.39 is 0 Å². The van der Waals surface area contributed by atoms with Gasteiger partial charge in [-0.25, -0.2) is 13.8 Å². The molecule has 6 nitrogen and oxygen atoms in total. The highest BCUT2D eigenvalue weighted by Gasteiger charge is 2.34. The van der Waals surface area contributed by atoms with Crippen molar-refractivity contribution in [2.24, 2.45) is 5.92 Å². The second-order valence-corrected chi connectivity index (χ2v) is 8.38. The first-order valence-corrected chi connectivity index (χ1v) is 10.5. The van der Waals surface area contributed by atoms with Gasteiger partial charge in [-0.3, -0.25) is 4.90 Å². The fourth-order valence-corrected chi connectivity index (χ4v) is 4.71. The van der Waals surface area contributed by atoms with E-state index in [0.717, 1.165) is 68.2 Å². The normalized spacial score (nSPS) is 22.3. The molecule has 0 amide bonds. The number of anilines is 2. The Bertz CT molecular complexity index is 1060. The van der Waals surface area contributed by atoms with Gasteiger partial charge in [-0.05, 0) is 55.5 Å². The SMILES string of the molecule is Cc1cc(F)cnc1NCC1CCC2CN(c3noc4ccc(F)cc34)CCN2C1. The first-order valence-electron chi connectivity index (χ1n) is 10.5. The van der Waals surface area contributed by atoms with Crippen LogP contribution in [0.2, 0.25) is 0 Å². The predicted octanol–water partition coefficient (Wildman–Crippen LogP) is 3.82. The molecule has 2 fully saturated rings. The van der Waals surface area contributed by atoms with Crippen molar-refractivity contribution < 1.29 is 13.3 Å². The molecule has 158 valence electrons. The highest BCUT2D eigenvalue weighted by Crippen LogP contribution is 2.31. The van der Waals surface area contributed by atoms with Gasteiger partial charge in [0.25, 0.3) is 0 Å². The van der Waals surface area contributed by atoms with Crippen LogP contribution in [-0.4, -0.2) is 53.8 Å². The van der Waals surface area contributed by atoms with E-state index in [1.165, 1.54) is 24.4 Å². The molecule has 3 aromatic rings. The summed E-state index contributed by atoms with van der Waals surface area (Å²) in [5.74, 6) is 1.45. The van der Waals surface area contributed by atoms with Crippen LogP contribution in [0.1, 0.15) is 18.4 Å². The van der Waals surface area contributed by atoms with E-state index in [0.29, 0.717) is 17.5 Å². The lowest BCUT2D eigenvalue weighted by atomic mass is 9.91. The Kier molecular flexibility index (Phi) is 5.02. The molecule has 0 saturated carbocycles. The van der Waals surface area contributed by atoms with E-state index in [4.69, 9.17) is 4.52 Å². The van der Waals surface area contributed by atoms with Crippen molar-refractivity contribution in [3.8, 4) is 0 Å². The minimum absolute atomic E-state index is 0.274. The molecule has 2 atom stereocenters. The maximum absolute atomic E-state index is 13.7. The van der Waals surface area contributed by atoms with Crippen molar-refractivity contribution in [2.75, 3.05) is 42.9 Å². The van der Waals surface area contributed by atoms with Crippen molar-refractivity contribution in [1.82, 2.24) is 15.0 Å². The lowest BCUT2D eigenvalue weighted by Gasteiger charge is -2.46. The number of benzene rings is 1. The van der Waals surface area contributed by atoms with E-state index in [2.05, 4.69) is 25.3 Å². The highest BCUT2D eigenvalue weighted by molar-refractivity contribution is 5.88. The van der Waals surface area contributed by atoms with Crippen LogP contribution in [0.4, 0.5) is 20.4 Å². The Hall–Kier alpha value is -2.74. The summed E-state index contributed by atoms with van der Waals surface area (Å²) in [6.45, 7) is 6.39. The summed E-state index contributed by atoms with van der Waals surface area (Å²) < 4.78 is 32.3. The van der Waals surface area contributed by atoms with Crippen LogP contribution < -0.4 is 10.2 Å². The number of hydrogen-bond acceptors (Lipinski definition) is 6. The molecule has 1 aromatic carbocycles. The molecule has 2 aliphatic heterocycles. The predicted molar refractivity (Wildman–Crippen MR) is 112 cm³/mol. The molecule has 0 bridgehead atoms. The topological polar surface area (TPSA) is 57.4 Å². The van der Waals surface area contributed by atoms with Gasteiger partial charge in [0.15, 0.2) is 11.4 Å². The minimum atomic E-state index is -0.306. The van der Waals surface area contributed by atoms with Crippen molar-refractivity contribution in [3.63, 3.8) is 0 Å². The van der Waals surface area contributed by atoms with Crippen LogP contribution in [0.5, 0.6) is 0 Å². The lowest BCUT2D eigenvalue weighted by Crippen LogP contribution is -2.57. The van der Waals surface area contributed by atoms with Gasteiger partial charge < -0.3 is 14.7 Å². The van der Waals surface area contributed by atoms with Crippen LogP contribution in [0.25, 0.3) is 11.0 Å². The molecular weight excluding hydrogens is 388 g/mol. The van der Waals surface area contributed by atoms with Gasteiger partial charge in [0.1, 0.15) is 17.5 Å². The average Bonchev–Trinajstić information content (AvgIpc) is 3.15. The first-order chi connectivity index (χ1) is 14.6. The van der Waals surface area contributed by atoms with Gasteiger partial charge in [-0.15, -0.1) is 0 Å². The molecule has 5 rings (SSSR count). The van der Waals surface area contributed by atoms with E-state index in [-0.39, 0.29) is 11.6 Å². The van der Waals surface area contributed by atoms with E-state index in [1.54, 1.807) is 6.07 Å². The highest BCUT2D eigenvalue weighted by atomic mass is 19.1. The van der Waals surface area contributed by atoms with Gasteiger partial charge in [0.2, 0.25) is 0 Å². The standard InChI is InChI=1S/C22H25F2N5O/c1-14-8-17(24)11-26-21(14)25-10-15-2-4-18-13-29(7-6-28(18)12-15)22-19-9-16(23)3-5-20(19)30-27-22/h3,5,8-9,11,15,18H,2,4,6-7,10,12-13H2,1H3,(H,25,26). The average molecular weight is 413 g/mol. The number of fused-ring (bicyclic) bond motifs is 2. The Morgan fingerprint density at radius 3 is 2.90 bits per heavy atom. The Morgan fingerprint density at radius 2 is 2.03 bits per heavy atom. The summed E-state index contributed by atoms with van der Waals surface area (Å²) >= 11 is 0. The molecular formula is C22H25F2N5O. The maximum Gasteiger partial charge on any atom is 0.180 e. The summed E-state index contributed by atoms with van der Waals surface area (Å²) in [6.07, 6.45) is 3.48. The summed E-state index contributed by atoms with van der Waals surface area (Å²) in [7, 11) is 0. The lowest BCUT2D eigenvalue weighted by molar-refractivity contribution is 0.0994. The molecule has 1 N–H and O–H groups in total. The first kappa shape index (κ1) is 19.2. The van der Waals surface area contributed by atoms with Crippen LogP contribution in [-0.2, 0) is 0 Å². The van der Waals surface area contributed by atoms with E-state index >= 15 is 0 Å². The number of pyridine rings is 1. The van der Waals surface area contributed by atoms with E-state index in [9.17, 15) is 8.78 Å². The number of piperazine rings is 1. The molecule has 2 unspecified atom stereocenters. The summed E-state index contributed by atoms with van der Waals surface area (Å²) in [5.41, 5.74) is 1.45. The molecule has 2 aromatic heterocycles. The van der Waals surface area contributed by atoms with Gasteiger partial charge in [-0.2, -0.15) is 0 Å². The molecule has 4 heterocycles. The number of hydrogen-bond donors (Lipinski definition) is 1. The number of rotatable bonds is 4. The van der Waals surface area contributed by atoms with Crippen molar-refractivity contribution in [1.29, 1.82) is 0 Å². The number of nitrogens with zero attached hydrogens (tertiary/aromatic N) is 4. The van der Waals surface area contributed by atoms with Crippen molar-refractivity contribution in [2.45, 2.75) is 25.8 Å². The van der Waals surface area contributed by atoms with Crippen LogP contribution in [0, 0.1) is 24.5 Å². The zero-order valence-corrected chi connectivity index (χ0v) is 16.9. The van der Waals surface area contributed by atoms with Gasteiger partial charge in [-0.1, -0.05) is 5.16 Å². The fourth-order valence-electron chi connectivity index (χ4n) is 4.71. The fraction of sp³-hybridized carbons (Fsp3) is 0.455. The van der Waals surface area contributed by atoms with Gasteiger partial charge in [0.05, 0.1) is 11.6 Å². The smallest absolute Gasteiger partial charge is 0.180 e. The molecule has 0 radical (unpaired) electrons. The number of piperidine rings is 1. The quantitative estimate of drug-likeness (QED) is 0.702. The Balaban J connectivity index is 1.20. The second-order valence-electron chi connectivity index (χ2n) is 8.38. The number of aryl methyl sites for hydroxylation is 1. The zero-order chi connectivity index (χ0) is 20.7. The van der Waals surface area contributed by atoms with Crippen LogP contribution in [0.15, 0.2) is 35.0 Å². The van der Waals surface area contributed by atoms with Crippen LogP contribution >= 0.6 is 0 Å². The molecule has 2 aliphatic rings. The van der Waals surface area contributed by atoms with Crippen molar-refractivity contribution in [3.05, 3.63) is 47.7 Å². The third-order valence-corrected chi connectivity index (χ3v) is 6.32. The molecule has 0 spiro atoms. The van der Waals surface area contributed by atoms with Crippen molar-refractivity contribution >= 4 is 22.6 Å². The Morgan fingerprint density at radius 1 is 1.13 bits per heavy atom. The number of nitrogens with one attached hydrogen (secondary N) is 1. The number of halogens is 2. The zero-order valence-electron chi connectivity index (χ0n) is 16.9. The Labute approximate surface area is 173 Å². The summed E-state index contributed by atoms with van der Waals surface area (Å²) in [4.78, 5) is 8.93. The molecule has 8 heteroatoms. The van der Waals surface area contributed by atoms with Gasteiger partial charge >= 0.3 is 0 Å². The third-order valence-electron chi connectivity index (χ3n) is 6.32.